The monoisotopic (exact) mass is 177 g/mol. The normalized spacial score (nSPS) is 21.8. The molecule has 3 heteroatoms. The third kappa shape index (κ3) is 3.20. The zero-order valence-electron chi connectivity index (χ0n) is 7.59. The molecule has 1 rings (SSSR count). The van der Waals surface area contributed by atoms with E-state index in [1.807, 2.05) is 6.92 Å². The lowest BCUT2D eigenvalue weighted by Gasteiger charge is -1.98. The van der Waals surface area contributed by atoms with Gasteiger partial charge in [0.15, 0.2) is 0 Å². The molecule has 0 spiro atoms. The van der Waals surface area contributed by atoms with Crippen molar-refractivity contribution in [3.63, 3.8) is 0 Å². The first-order chi connectivity index (χ1) is 6.22. The highest BCUT2D eigenvalue weighted by molar-refractivity contribution is 6.08. The molecule has 0 unspecified atom stereocenters. The van der Waals surface area contributed by atoms with Crippen molar-refractivity contribution in [1.29, 1.82) is 0 Å². The summed E-state index contributed by atoms with van der Waals surface area (Å²) in [5, 5.41) is 0. The zero-order chi connectivity index (χ0) is 9.68. The molecule has 3 nitrogen and oxygen atoms in total. The maximum absolute atomic E-state index is 11.0. The van der Waals surface area contributed by atoms with Gasteiger partial charge in [0, 0.05) is 18.1 Å². The van der Waals surface area contributed by atoms with Crippen molar-refractivity contribution in [3.05, 3.63) is 0 Å². The van der Waals surface area contributed by atoms with Gasteiger partial charge in [-0.2, -0.15) is 0 Å². The summed E-state index contributed by atoms with van der Waals surface area (Å²) in [6, 6.07) is 0. The van der Waals surface area contributed by atoms with Crippen molar-refractivity contribution in [3.8, 4) is 11.8 Å². The standard InChI is InChI=1S/C10H11NO2/c1-2-8-4-3-5-9(12)6-7-10(13)11-8/h2-5H2,1H3/b11-8-. The van der Waals surface area contributed by atoms with E-state index in [0.29, 0.717) is 6.42 Å². The second kappa shape index (κ2) is 4.56. The summed E-state index contributed by atoms with van der Waals surface area (Å²) in [5.41, 5.74) is 0.842. The molecule has 0 aliphatic carbocycles. The molecule has 0 saturated heterocycles. The maximum atomic E-state index is 11.0. The van der Waals surface area contributed by atoms with E-state index < -0.39 is 5.91 Å². The number of carbonyl (C=O) groups is 2. The molecule has 0 bridgehead atoms. The SMILES string of the molecule is CC/C1=N/C(=O)C#CC(=O)CCC1. The third-order valence-electron chi connectivity index (χ3n) is 1.85. The van der Waals surface area contributed by atoms with Crippen LogP contribution in [0.1, 0.15) is 32.6 Å². The molecular formula is C10H11NO2. The summed E-state index contributed by atoms with van der Waals surface area (Å²) in [6.45, 7) is 1.94. The number of carbonyl (C=O) groups excluding carboxylic acids is 2. The van der Waals surface area contributed by atoms with Crippen LogP contribution in [0.25, 0.3) is 0 Å². The first kappa shape index (κ1) is 9.66. The van der Waals surface area contributed by atoms with Crippen molar-refractivity contribution in [2.24, 2.45) is 4.99 Å². The molecule has 0 atom stereocenters. The molecule has 0 N–H and O–H groups in total. The van der Waals surface area contributed by atoms with E-state index in [-0.39, 0.29) is 5.78 Å². The van der Waals surface area contributed by atoms with E-state index in [1.165, 1.54) is 0 Å². The Morgan fingerprint density at radius 2 is 2.08 bits per heavy atom. The lowest BCUT2D eigenvalue weighted by molar-refractivity contribution is -0.114. The van der Waals surface area contributed by atoms with Crippen LogP contribution in [-0.2, 0) is 9.59 Å². The number of amides is 1. The van der Waals surface area contributed by atoms with Crippen LogP contribution in [0, 0.1) is 11.8 Å². The number of hydrogen-bond donors (Lipinski definition) is 0. The smallest absolute Gasteiger partial charge is 0.285 e. The van der Waals surface area contributed by atoms with Gasteiger partial charge < -0.3 is 0 Å². The van der Waals surface area contributed by atoms with Gasteiger partial charge in [0.1, 0.15) is 0 Å². The number of ketones is 1. The van der Waals surface area contributed by atoms with Gasteiger partial charge in [0.2, 0.25) is 5.78 Å². The number of Topliss-reactive ketones (excluding diaryl/α,β-unsaturated/α-hetero) is 1. The molecule has 13 heavy (non-hydrogen) atoms. The Labute approximate surface area is 77.2 Å². The summed E-state index contributed by atoms with van der Waals surface area (Å²) >= 11 is 0. The fourth-order valence-electron chi connectivity index (χ4n) is 1.12. The Morgan fingerprint density at radius 3 is 2.77 bits per heavy atom. The fourth-order valence-corrected chi connectivity index (χ4v) is 1.12. The summed E-state index contributed by atoms with van der Waals surface area (Å²) in [6.07, 6.45) is 2.64. The van der Waals surface area contributed by atoms with Crippen LogP contribution in [0.2, 0.25) is 0 Å². The molecule has 0 saturated carbocycles. The van der Waals surface area contributed by atoms with Crippen LogP contribution in [0.15, 0.2) is 4.99 Å². The lowest BCUT2D eigenvalue weighted by atomic mass is 10.1. The lowest BCUT2D eigenvalue weighted by Crippen LogP contribution is -2.00. The quantitative estimate of drug-likeness (QED) is 0.445. The molecule has 1 amide bonds. The number of hydrogen-bond acceptors (Lipinski definition) is 2. The van der Waals surface area contributed by atoms with Crippen LogP contribution >= 0.6 is 0 Å². The zero-order valence-corrected chi connectivity index (χ0v) is 7.59. The molecule has 0 aromatic rings. The Morgan fingerprint density at radius 1 is 1.31 bits per heavy atom. The van der Waals surface area contributed by atoms with Crippen LogP contribution in [-0.4, -0.2) is 17.4 Å². The average molecular weight is 177 g/mol. The topological polar surface area (TPSA) is 46.5 Å². The van der Waals surface area contributed by atoms with Crippen LogP contribution < -0.4 is 0 Å². The van der Waals surface area contributed by atoms with Gasteiger partial charge in [-0.25, -0.2) is 4.99 Å². The molecule has 0 fully saturated rings. The first-order valence-electron chi connectivity index (χ1n) is 4.37. The summed E-state index contributed by atoms with van der Waals surface area (Å²) in [5.74, 6) is 3.83. The van der Waals surface area contributed by atoms with Crippen LogP contribution in [0.5, 0.6) is 0 Å². The van der Waals surface area contributed by atoms with E-state index in [1.54, 1.807) is 0 Å². The molecule has 1 aliphatic rings. The number of rotatable bonds is 1. The third-order valence-corrected chi connectivity index (χ3v) is 1.85. The number of aliphatic imine (C=N–C) groups is 1. The van der Waals surface area contributed by atoms with E-state index in [2.05, 4.69) is 16.8 Å². The Hall–Kier alpha value is -1.43. The molecule has 0 aromatic carbocycles. The minimum atomic E-state index is -0.493. The van der Waals surface area contributed by atoms with Crippen molar-refractivity contribution in [2.45, 2.75) is 32.6 Å². The van der Waals surface area contributed by atoms with Gasteiger partial charge in [-0.1, -0.05) is 6.92 Å². The molecule has 1 aliphatic heterocycles. The van der Waals surface area contributed by atoms with Gasteiger partial charge in [-0.15, -0.1) is 0 Å². The largest absolute Gasteiger partial charge is 0.322 e. The van der Waals surface area contributed by atoms with Crippen LogP contribution in [0.4, 0.5) is 0 Å². The van der Waals surface area contributed by atoms with Gasteiger partial charge in [0.25, 0.3) is 0 Å². The summed E-state index contributed by atoms with van der Waals surface area (Å²) in [4.78, 5) is 25.7. The highest BCUT2D eigenvalue weighted by atomic mass is 16.1. The Kier molecular flexibility index (Phi) is 3.39. The van der Waals surface area contributed by atoms with E-state index in [4.69, 9.17) is 0 Å². The van der Waals surface area contributed by atoms with Gasteiger partial charge in [-0.3, -0.25) is 9.59 Å². The van der Waals surface area contributed by atoms with Crippen molar-refractivity contribution in [2.75, 3.05) is 0 Å². The molecule has 68 valence electrons. The first-order valence-corrected chi connectivity index (χ1v) is 4.37. The average Bonchev–Trinajstić information content (AvgIpc) is 2.19. The van der Waals surface area contributed by atoms with E-state index in [9.17, 15) is 9.59 Å². The molecular weight excluding hydrogens is 166 g/mol. The predicted molar refractivity (Wildman–Crippen MR) is 49.4 cm³/mol. The molecule has 1 heterocycles. The summed E-state index contributed by atoms with van der Waals surface area (Å²) in [7, 11) is 0. The Balaban J connectivity index is 2.82. The molecule has 0 radical (unpaired) electrons. The van der Waals surface area contributed by atoms with Crippen molar-refractivity contribution >= 4 is 17.4 Å². The highest BCUT2D eigenvalue weighted by Crippen LogP contribution is 2.03. The van der Waals surface area contributed by atoms with Gasteiger partial charge in [0.05, 0.1) is 0 Å². The maximum Gasteiger partial charge on any atom is 0.322 e. The van der Waals surface area contributed by atoms with Crippen molar-refractivity contribution in [1.82, 2.24) is 0 Å². The fraction of sp³-hybridized carbons (Fsp3) is 0.500. The predicted octanol–water partition coefficient (Wildman–Crippen LogP) is 1.12. The molecule has 0 aromatic heterocycles. The minimum Gasteiger partial charge on any atom is -0.285 e. The van der Waals surface area contributed by atoms with Crippen molar-refractivity contribution < 1.29 is 9.59 Å². The second-order valence-electron chi connectivity index (χ2n) is 2.86. The van der Waals surface area contributed by atoms with E-state index in [0.717, 1.165) is 25.0 Å². The minimum absolute atomic E-state index is 0.166. The Bertz CT molecular complexity index is 318. The van der Waals surface area contributed by atoms with Gasteiger partial charge >= 0.3 is 5.91 Å². The number of nitrogens with zero attached hydrogens (tertiary/aromatic N) is 1. The summed E-state index contributed by atoms with van der Waals surface area (Å²) < 4.78 is 0. The van der Waals surface area contributed by atoms with Gasteiger partial charge in [-0.05, 0) is 25.2 Å². The highest BCUT2D eigenvalue weighted by Gasteiger charge is 2.05. The van der Waals surface area contributed by atoms with E-state index >= 15 is 0 Å². The van der Waals surface area contributed by atoms with Crippen LogP contribution in [0.3, 0.4) is 0 Å². The second-order valence-corrected chi connectivity index (χ2v) is 2.86.